The molecule has 1 aromatic carbocycles. The molecule has 2 bridgehead atoms. The molecule has 4 nitrogen and oxygen atoms in total. The summed E-state index contributed by atoms with van der Waals surface area (Å²) in [7, 11) is 0. The zero-order valence-corrected chi connectivity index (χ0v) is 14.6. The van der Waals surface area contributed by atoms with Crippen LogP contribution in [0.25, 0.3) is 6.08 Å². The maximum Gasteiger partial charge on any atom is 0.311 e. The van der Waals surface area contributed by atoms with Crippen LogP contribution in [0, 0.1) is 16.7 Å². The molecule has 0 amide bonds. The summed E-state index contributed by atoms with van der Waals surface area (Å²) in [5, 5.41) is 8.90. The molecular formula is C20H24N2O2. The number of hydrogen-bond donors (Lipinski definition) is 0. The molecule has 2 saturated heterocycles. The highest BCUT2D eigenvalue weighted by Crippen LogP contribution is 2.42. The Hall–Kier alpha value is -2.28. The Morgan fingerprint density at radius 3 is 2.67 bits per heavy atom. The van der Waals surface area contributed by atoms with Gasteiger partial charge in [-0.2, -0.15) is 5.26 Å². The van der Waals surface area contributed by atoms with E-state index in [0.29, 0.717) is 5.56 Å². The van der Waals surface area contributed by atoms with Gasteiger partial charge in [0.15, 0.2) is 0 Å². The van der Waals surface area contributed by atoms with Crippen LogP contribution in [-0.2, 0) is 9.53 Å². The number of rotatable bonds is 2. The predicted molar refractivity (Wildman–Crippen MR) is 92.8 cm³/mol. The van der Waals surface area contributed by atoms with Crippen molar-refractivity contribution in [2.45, 2.75) is 45.6 Å². The monoisotopic (exact) mass is 324 g/mol. The Labute approximate surface area is 143 Å². The Bertz CT molecular complexity index is 707. The Kier molecular flexibility index (Phi) is 4.13. The van der Waals surface area contributed by atoms with E-state index >= 15 is 0 Å². The normalized spacial score (nSPS) is 24.8. The number of carbonyl (C=O) groups is 1. The molecule has 0 N–H and O–H groups in total. The lowest BCUT2D eigenvalue weighted by atomic mass is 9.92. The number of hydrogen-bond acceptors (Lipinski definition) is 4. The number of benzene rings is 1. The number of carbonyl (C=O) groups excluding carboxylic acids is 1. The second kappa shape index (κ2) is 5.98. The fourth-order valence-electron chi connectivity index (χ4n) is 3.39. The third-order valence-corrected chi connectivity index (χ3v) is 4.74. The van der Waals surface area contributed by atoms with Gasteiger partial charge in [0.05, 0.1) is 23.6 Å². The summed E-state index contributed by atoms with van der Waals surface area (Å²) in [5.74, 6) is -0.121. The molecule has 0 saturated carbocycles. The van der Waals surface area contributed by atoms with E-state index in [9.17, 15) is 4.79 Å². The smallest absolute Gasteiger partial charge is 0.311 e. The van der Waals surface area contributed by atoms with Gasteiger partial charge in [-0.3, -0.25) is 4.79 Å². The largest absolute Gasteiger partial charge is 0.456 e. The van der Waals surface area contributed by atoms with Crippen molar-refractivity contribution >= 4 is 12.0 Å². The first-order chi connectivity index (χ1) is 11.3. The molecule has 2 aliphatic heterocycles. The van der Waals surface area contributed by atoms with Gasteiger partial charge in [0.2, 0.25) is 0 Å². The zero-order chi connectivity index (χ0) is 17.4. The second-order valence-electron chi connectivity index (χ2n) is 7.89. The minimum Gasteiger partial charge on any atom is -0.456 e. The Morgan fingerprint density at radius 1 is 1.33 bits per heavy atom. The summed E-state index contributed by atoms with van der Waals surface area (Å²) in [6.45, 7) is 7.49. The van der Waals surface area contributed by atoms with Gasteiger partial charge in [0, 0.05) is 18.7 Å². The topological polar surface area (TPSA) is 53.3 Å². The maximum atomic E-state index is 12.4. The van der Waals surface area contributed by atoms with Crippen molar-refractivity contribution in [3.63, 3.8) is 0 Å². The van der Waals surface area contributed by atoms with Crippen molar-refractivity contribution in [2.75, 3.05) is 13.1 Å². The van der Waals surface area contributed by atoms with Crippen molar-refractivity contribution in [2.24, 2.45) is 5.41 Å². The summed E-state index contributed by atoms with van der Waals surface area (Å²) in [6.07, 6.45) is 4.89. The summed E-state index contributed by atoms with van der Waals surface area (Å²) in [5.41, 5.74) is 2.11. The maximum absolute atomic E-state index is 12.4. The van der Waals surface area contributed by atoms with Crippen LogP contribution in [0.4, 0.5) is 0 Å². The molecule has 0 radical (unpaired) electrons. The molecule has 4 heteroatoms. The average Bonchev–Trinajstić information content (AvgIpc) is 2.77. The van der Waals surface area contributed by atoms with E-state index in [-0.39, 0.29) is 11.6 Å². The van der Waals surface area contributed by atoms with Gasteiger partial charge in [-0.05, 0) is 57.4 Å². The zero-order valence-electron chi connectivity index (χ0n) is 14.6. The Balaban J connectivity index is 1.81. The summed E-state index contributed by atoms with van der Waals surface area (Å²) >= 11 is 0. The molecule has 0 aromatic heterocycles. The molecule has 24 heavy (non-hydrogen) atoms. The number of nitrogens with zero attached hydrogens (tertiary/aromatic N) is 2. The predicted octanol–water partition coefficient (Wildman–Crippen LogP) is 3.73. The third-order valence-electron chi connectivity index (χ3n) is 4.74. The van der Waals surface area contributed by atoms with Gasteiger partial charge >= 0.3 is 5.97 Å². The van der Waals surface area contributed by atoms with Crippen molar-refractivity contribution in [3.8, 4) is 6.07 Å². The quantitative estimate of drug-likeness (QED) is 0.778. The molecule has 2 aliphatic rings. The summed E-state index contributed by atoms with van der Waals surface area (Å²) in [6, 6.07) is 9.72. The standard InChI is InChI=1S/C20H24N2O2/c1-19(2,3)18(23)24-20-9-4-10-22(14-20)17(12-20)11-15-5-7-16(13-21)8-6-15/h5-8,11H,4,9-10,12,14H2,1-3H3/b17-11+. The van der Waals surface area contributed by atoms with E-state index in [1.807, 2.05) is 45.0 Å². The van der Waals surface area contributed by atoms with Crippen LogP contribution in [0.3, 0.4) is 0 Å². The molecule has 1 unspecified atom stereocenters. The molecular weight excluding hydrogens is 300 g/mol. The van der Waals surface area contributed by atoms with Crippen molar-refractivity contribution in [1.29, 1.82) is 5.26 Å². The number of fused-ring (bicyclic) bond motifs is 2. The van der Waals surface area contributed by atoms with Crippen LogP contribution in [-0.4, -0.2) is 29.6 Å². The van der Waals surface area contributed by atoms with Crippen LogP contribution in [0.2, 0.25) is 0 Å². The fourth-order valence-corrected chi connectivity index (χ4v) is 3.39. The van der Waals surface area contributed by atoms with Gasteiger partial charge in [-0.25, -0.2) is 0 Å². The lowest BCUT2D eigenvalue weighted by Crippen LogP contribution is -2.44. The molecule has 1 atom stereocenters. The number of piperidine rings is 1. The van der Waals surface area contributed by atoms with Gasteiger partial charge in [-0.15, -0.1) is 0 Å². The van der Waals surface area contributed by atoms with Crippen LogP contribution in [0.5, 0.6) is 0 Å². The van der Waals surface area contributed by atoms with E-state index in [1.165, 1.54) is 5.70 Å². The van der Waals surface area contributed by atoms with Crippen LogP contribution >= 0.6 is 0 Å². The number of nitriles is 1. The Morgan fingerprint density at radius 2 is 2.04 bits per heavy atom. The highest BCUT2D eigenvalue weighted by atomic mass is 16.6. The fraction of sp³-hybridized carbons (Fsp3) is 0.500. The van der Waals surface area contributed by atoms with E-state index in [0.717, 1.165) is 37.9 Å². The van der Waals surface area contributed by atoms with Crippen molar-refractivity contribution in [1.82, 2.24) is 4.90 Å². The first kappa shape index (κ1) is 16.6. The molecule has 2 fully saturated rings. The molecule has 1 aromatic rings. The van der Waals surface area contributed by atoms with Crippen molar-refractivity contribution in [3.05, 3.63) is 41.1 Å². The van der Waals surface area contributed by atoms with Crippen LogP contribution in [0.1, 0.15) is 51.2 Å². The van der Waals surface area contributed by atoms with Crippen molar-refractivity contribution < 1.29 is 9.53 Å². The lowest BCUT2D eigenvalue weighted by Gasteiger charge is -2.35. The van der Waals surface area contributed by atoms with Crippen LogP contribution in [0.15, 0.2) is 30.0 Å². The van der Waals surface area contributed by atoms with Gasteiger partial charge in [-0.1, -0.05) is 12.1 Å². The number of esters is 1. The number of ether oxygens (including phenoxy) is 1. The summed E-state index contributed by atoms with van der Waals surface area (Å²) < 4.78 is 5.97. The third kappa shape index (κ3) is 3.31. The molecule has 3 rings (SSSR count). The van der Waals surface area contributed by atoms with E-state index in [4.69, 9.17) is 10.00 Å². The highest BCUT2D eigenvalue weighted by molar-refractivity contribution is 5.76. The second-order valence-corrected chi connectivity index (χ2v) is 7.89. The van der Waals surface area contributed by atoms with Gasteiger partial charge in [0.1, 0.15) is 5.60 Å². The first-order valence-electron chi connectivity index (χ1n) is 8.50. The van der Waals surface area contributed by atoms with E-state index in [1.54, 1.807) is 0 Å². The average molecular weight is 324 g/mol. The molecule has 2 heterocycles. The minimum atomic E-state index is -0.476. The summed E-state index contributed by atoms with van der Waals surface area (Å²) in [4.78, 5) is 14.7. The van der Waals surface area contributed by atoms with Crippen LogP contribution < -0.4 is 0 Å². The highest BCUT2D eigenvalue weighted by Gasteiger charge is 2.47. The van der Waals surface area contributed by atoms with Gasteiger partial charge in [0.25, 0.3) is 0 Å². The van der Waals surface area contributed by atoms with Gasteiger partial charge < -0.3 is 9.64 Å². The molecule has 126 valence electrons. The SMILES string of the molecule is CC(C)(C)C(=O)OC12CCCN(C1)/C(=C/c1ccc(C#N)cc1)C2. The first-order valence-corrected chi connectivity index (χ1v) is 8.50. The molecule has 0 aliphatic carbocycles. The minimum absolute atomic E-state index is 0.121. The van der Waals surface area contributed by atoms with E-state index < -0.39 is 5.41 Å². The van der Waals surface area contributed by atoms with E-state index in [2.05, 4.69) is 17.0 Å². The molecule has 0 spiro atoms. The lowest BCUT2D eigenvalue weighted by molar-refractivity contribution is -0.170.